The highest BCUT2D eigenvalue weighted by molar-refractivity contribution is 5.57. The molecular formula is C14H21N3O3. The molecule has 6 nitrogen and oxygen atoms in total. The molecule has 2 unspecified atom stereocenters. The van der Waals surface area contributed by atoms with Crippen LogP contribution in [-0.2, 0) is 4.74 Å². The molecule has 1 heterocycles. The number of nitro groups is 1. The summed E-state index contributed by atoms with van der Waals surface area (Å²) in [4.78, 5) is 12.9. The second-order valence-electron chi connectivity index (χ2n) is 5.19. The molecule has 0 radical (unpaired) electrons. The molecule has 6 heteroatoms. The molecule has 2 N–H and O–H groups in total. The summed E-state index contributed by atoms with van der Waals surface area (Å²) in [7, 11) is 1.71. The molecule has 0 amide bonds. The molecule has 1 aliphatic heterocycles. The topological polar surface area (TPSA) is 81.6 Å². The van der Waals surface area contributed by atoms with E-state index in [1.54, 1.807) is 26.2 Å². The van der Waals surface area contributed by atoms with Crippen LogP contribution in [0.15, 0.2) is 18.2 Å². The summed E-state index contributed by atoms with van der Waals surface area (Å²) in [5.41, 5.74) is 7.55. The van der Waals surface area contributed by atoms with Gasteiger partial charge in [0.25, 0.3) is 5.69 Å². The predicted molar refractivity (Wildman–Crippen MR) is 78.1 cm³/mol. The van der Waals surface area contributed by atoms with Crippen molar-refractivity contribution in [1.29, 1.82) is 0 Å². The standard InChI is InChI=1S/C14H21N3O3/c1-10-3-4-11(8-14(10)17(18)19)16-6-5-13(20-2)7-12(16)9-15/h3-4,8,12-13H,5-7,9,15H2,1-2H3. The third kappa shape index (κ3) is 2.91. The van der Waals surface area contributed by atoms with E-state index >= 15 is 0 Å². The summed E-state index contributed by atoms with van der Waals surface area (Å²) < 4.78 is 5.40. The van der Waals surface area contributed by atoms with Crippen molar-refractivity contribution in [1.82, 2.24) is 0 Å². The summed E-state index contributed by atoms with van der Waals surface area (Å²) in [6.07, 6.45) is 1.99. The van der Waals surface area contributed by atoms with Gasteiger partial charge in [0.1, 0.15) is 0 Å². The fourth-order valence-corrected chi connectivity index (χ4v) is 2.76. The molecule has 1 fully saturated rings. The van der Waals surface area contributed by atoms with Gasteiger partial charge in [-0.25, -0.2) is 0 Å². The maximum Gasteiger partial charge on any atom is 0.274 e. The van der Waals surface area contributed by atoms with Gasteiger partial charge in [0.2, 0.25) is 0 Å². The summed E-state index contributed by atoms with van der Waals surface area (Å²) in [5.74, 6) is 0. The van der Waals surface area contributed by atoms with Crippen LogP contribution < -0.4 is 10.6 Å². The second-order valence-corrected chi connectivity index (χ2v) is 5.19. The molecule has 1 aliphatic rings. The third-order valence-corrected chi connectivity index (χ3v) is 3.99. The number of methoxy groups -OCH3 is 1. The lowest BCUT2D eigenvalue weighted by atomic mass is 9.98. The normalized spacial score (nSPS) is 22.9. The molecule has 1 saturated heterocycles. The van der Waals surface area contributed by atoms with Crippen LogP contribution in [-0.4, -0.2) is 37.3 Å². The number of nitrogens with zero attached hydrogens (tertiary/aromatic N) is 2. The van der Waals surface area contributed by atoms with Crippen LogP contribution in [0.4, 0.5) is 11.4 Å². The smallest absolute Gasteiger partial charge is 0.274 e. The van der Waals surface area contributed by atoms with Gasteiger partial charge in [-0.15, -0.1) is 0 Å². The minimum Gasteiger partial charge on any atom is -0.381 e. The molecule has 0 bridgehead atoms. The molecular weight excluding hydrogens is 258 g/mol. The van der Waals surface area contributed by atoms with Crippen molar-refractivity contribution in [3.63, 3.8) is 0 Å². The van der Waals surface area contributed by atoms with Gasteiger partial charge in [-0.3, -0.25) is 10.1 Å². The van der Waals surface area contributed by atoms with Gasteiger partial charge in [0, 0.05) is 43.6 Å². The van der Waals surface area contributed by atoms with Crippen LogP contribution in [0, 0.1) is 17.0 Å². The van der Waals surface area contributed by atoms with E-state index in [0.29, 0.717) is 12.1 Å². The zero-order valence-corrected chi connectivity index (χ0v) is 11.9. The first-order valence-corrected chi connectivity index (χ1v) is 6.81. The monoisotopic (exact) mass is 279 g/mol. The number of rotatable bonds is 4. The van der Waals surface area contributed by atoms with Crippen LogP contribution in [0.3, 0.4) is 0 Å². The minimum atomic E-state index is -0.335. The van der Waals surface area contributed by atoms with Crippen molar-refractivity contribution >= 4 is 11.4 Å². The predicted octanol–water partition coefficient (Wildman–Crippen LogP) is 1.85. The van der Waals surface area contributed by atoms with E-state index in [9.17, 15) is 10.1 Å². The first-order chi connectivity index (χ1) is 9.56. The molecule has 0 saturated carbocycles. The summed E-state index contributed by atoms with van der Waals surface area (Å²) in [5, 5.41) is 11.0. The molecule has 0 spiro atoms. The van der Waals surface area contributed by atoms with Gasteiger partial charge in [-0.05, 0) is 25.8 Å². The lowest BCUT2D eigenvalue weighted by molar-refractivity contribution is -0.385. The van der Waals surface area contributed by atoms with Crippen molar-refractivity contribution in [3.8, 4) is 0 Å². The number of nitrogens with two attached hydrogens (primary N) is 1. The Balaban J connectivity index is 2.26. The van der Waals surface area contributed by atoms with Crippen LogP contribution in [0.2, 0.25) is 0 Å². The maximum atomic E-state index is 11.0. The van der Waals surface area contributed by atoms with Crippen molar-refractivity contribution in [2.45, 2.75) is 31.9 Å². The number of hydrogen-bond acceptors (Lipinski definition) is 5. The van der Waals surface area contributed by atoms with Crippen LogP contribution in [0.1, 0.15) is 18.4 Å². The average molecular weight is 279 g/mol. The zero-order chi connectivity index (χ0) is 14.7. The Labute approximate surface area is 118 Å². The second kappa shape index (κ2) is 6.19. The molecule has 1 aromatic carbocycles. The quantitative estimate of drug-likeness (QED) is 0.672. The van der Waals surface area contributed by atoms with E-state index in [0.717, 1.165) is 25.1 Å². The highest BCUT2D eigenvalue weighted by Gasteiger charge is 2.28. The highest BCUT2D eigenvalue weighted by Crippen LogP contribution is 2.30. The van der Waals surface area contributed by atoms with Crippen LogP contribution in [0.25, 0.3) is 0 Å². The van der Waals surface area contributed by atoms with E-state index in [2.05, 4.69) is 4.90 Å². The average Bonchev–Trinajstić information content (AvgIpc) is 2.46. The van der Waals surface area contributed by atoms with E-state index in [1.165, 1.54) is 0 Å². The Morgan fingerprint density at radius 1 is 1.55 bits per heavy atom. The van der Waals surface area contributed by atoms with Crippen molar-refractivity contribution < 1.29 is 9.66 Å². The Bertz CT molecular complexity index is 493. The lowest BCUT2D eigenvalue weighted by Crippen LogP contribution is -2.48. The summed E-state index contributed by atoms with van der Waals surface area (Å²) >= 11 is 0. The SMILES string of the molecule is COC1CCN(c2ccc(C)c([N+](=O)[O-])c2)C(CN)C1. The molecule has 110 valence electrons. The lowest BCUT2D eigenvalue weighted by Gasteiger charge is -2.40. The Morgan fingerprint density at radius 2 is 2.30 bits per heavy atom. The number of anilines is 1. The van der Waals surface area contributed by atoms with Gasteiger partial charge < -0.3 is 15.4 Å². The van der Waals surface area contributed by atoms with E-state index < -0.39 is 0 Å². The zero-order valence-electron chi connectivity index (χ0n) is 11.9. The van der Waals surface area contributed by atoms with Gasteiger partial charge in [-0.2, -0.15) is 0 Å². The van der Waals surface area contributed by atoms with Crippen molar-refractivity contribution in [2.75, 3.05) is 25.1 Å². The third-order valence-electron chi connectivity index (χ3n) is 3.99. The Hall–Kier alpha value is -1.66. The Kier molecular flexibility index (Phi) is 4.57. The molecule has 2 rings (SSSR count). The van der Waals surface area contributed by atoms with Crippen LogP contribution >= 0.6 is 0 Å². The number of piperidine rings is 1. The van der Waals surface area contributed by atoms with Gasteiger partial charge in [0.05, 0.1) is 11.0 Å². The fourth-order valence-electron chi connectivity index (χ4n) is 2.76. The number of benzene rings is 1. The highest BCUT2D eigenvalue weighted by atomic mass is 16.6. The molecule has 0 aliphatic carbocycles. The first-order valence-electron chi connectivity index (χ1n) is 6.81. The number of aryl methyl sites for hydroxylation is 1. The molecule has 1 aromatic rings. The van der Waals surface area contributed by atoms with Crippen LogP contribution in [0.5, 0.6) is 0 Å². The maximum absolute atomic E-state index is 11.0. The van der Waals surface area contributed by atoms with Gasteiger partial charge >= 0.3 is 0 Å². The first kappa shape index (κ1) is 14.7. The van der Waals surface area contributed by atoms with Crippen molar-refractivity contribution in [3.05, 3.63) is 33.9 Å². The van der Waals surface area contributed by atoms with Gasteiger partial charge in [-0.1, -0.05) is 6.07 Å². The number of hydrogen-bond donors (Lipinski definition) is 1. The van der Waals surface area contributed by atoms with E-state index in [1.807, 2.05) is 6.07 Å². The minimum absolute atomic E-state index is 0.159. The van der Waals surface area contributed by atoms with E-state index in [4.69, 9.17) is 10.5 Å². The Morgan fingerprint density at radius 3 is 2.90 bits per heavy atom. The molecule has 2 atom stereocenters. The van der Waals surface area contributed by atoms with Gasteiger partial charge in [0.15, 0.2) is 0 Å². The van der Waals surface area contributed by atoms with Crippen molar-refractivity contribution in [2.24, 2.45) is 5.73 Å². The fraction of sp³-hybridized carbons (Fsp3) is 0.571. The number of nitro benzene ring substituents is 1. The molecule has 20 heavy (non-hydrogen) atoms. The summed E-state index contributed by atoms with van der Waals surface area (Å²) in [6.45, 7) is 3.07. The summed E-state index contributed by atoms with van der Waals surface area (Å²) in [6, 6.07) is 5.53. The number of ether oxygens (including phenoxy) is 1. The van der Waals surface area contributed by atoms with E-state index in [-0.39, 0.29) is 22.8 Å². The largest absolute Gasteiger partial charge is 0.381 e. The molecule has 0 aromatic heterocycles.